The molecule has 2 aliphatic heterocycles. The number of fused-ring (bicyclic) bond motifs is 4. The molecule has 2 bridgehead atoms. The topological polar surface area (TPSA) is 54.3 Å². The first-order valence-electron chi connectivity index (χ1n) is 9.17. The molecule has 3 aromatic rings. The van der Waals surface area contributed by atoms with E-state index in [9.17, 15) is 18.0 Å². The van der Waals surface area contributed by atoms with Crippen LogP contribution in [-0.2, 0) is 6.18 Å². The second kappa shape index (κ2) is 6.33. The lowest BCUT2D eigenvalue weighted by atomic mass is 10.1. The van der Waals surface area contributed by atoms with Gasteiger partial charge in [0.25, 0.3) is 0 Å². The van der Waals surface area contributed by atoms with Crippen molar-refractivity contribution in [2.45, 2.75) is 18.6 Å². The van der Waals surface area contributed by atoms with Crippen LogP contribution in [0.4, 0.5) is 29.5 Å². The summed E-state index contributed by atoms with van der Waals surface area (Å²) < 4.78 is 40.7. The molecule has 0 spiro atoms. The molecule has 0 unspecified atom stereocenters. The Morgan fingerprint density at radius 1 is 1.17 bits per heavy atom. The maximum atomic E-state index is 13.1. The number of imidazole rings is 1. The fraction of sp³-hybridized carbons (Fsp3) is 0.250. The number of amides is 1. The third kappa shape index (κ3) is 2.93. The number of rotatable bonds is 1. The molecule has 0 saturated carbocycles. The van der Waals surface area contributed by atoms with Gasteiger partial charge in [0.1, 0.15) is 6.33 Å². The minimum absolute atomic E-state index is 0.0401. The van der Waals surface area contributed by atoms with Crippen molar-refractivity contribution in [2.24, 2.45) is 0 Å². The van der Waals surface area contributed by atoms with E-state index in [0.717, 1.165) is 30.8 Å². The van der Waals surface area contributed by atoms with Crippen LogP contribution in [0.25, 0.3) is 11.3 Å². The van der Waals surface area contributed by atoms with E-state index in [2.05, 4.69) is 14.9 Å². The van der Waals surface area contributed by atoms with Crippen LogP contribution in [0.5, 0.6) is 0 Å². The van der Waals surface area contributed by atoms with Crippen LogP contribution in [0.2, 0.25) is 0 Å². The van der Waals surface area contributed by atoms with Crippen LogP contribution in [0.1, 0.15) is 12.0 Å². The van der Waals surface area contributed by atoms with Crippen molar-refractivity contribution in [3.8, 4) is 11.3 Å². The number of nitrogens with zero attached hydrogens (tertiary/aromatic N) is 5. The van der Waals surface area contributed by atoms with Crippen LogP contribution in [0.3, 0.4) is 0 Å². The Hall–Kier alpha value is -3.36. The molecule has 2 aliphatic rings. The largest absolute Gasteiger partial charge is 0.416 e. The van der Waals surface area contributed by atoms with Crippen LogP contribution < -0.4 is 9.80 Å². The summed E-state index contributed by atoms with van der Waals surface area (Å²) in [5.41, 5.74) is 0.819. The van der Waals surface area contributed by atoms with Gasteiger partial charge < -0.3 is 4.90 Å². The van der Waals surface area contributed by atoms with Gasteiger partial charge in [-0.3, -0.25) is 9.47 Å². The first kappa shape index (κ1) is 17.7. The van der Waals surface area contributed by atoms with Gasteiger partial charge in [0.05, 0.1) is 23.0 Å². The summed E-state index contributed by atoms with van der Waals surface area (Å²) in [7, 11) is 0. The van der Waals surface area contributed by atoms with Crippen LogP contribution in [0, 0.1) is 0 Å². The number of pyridine rings is 1. The number of hydrogen-bond acceptors (Lipinski definition) is 4. The summed E-state index contributed by atoms with van der Waals surface area (Å²) in [6, 6.07) is 8.27. The first-order chi connectivity index (χ1) is 13.9. The number of carbonyl (C=O) groups excluding carboxylic acids is 1. The number of benzene rings is 1. The molecule has 1 aromatic carbocycles. The fourth-order valence-corrected chi connectivity index (χ4v) is 3.97. The summed E-state index contributed by atoms with van der Waals surface area (Å²) in [5, 5.41) is 0. The third-order valence-electron chi connectivity index (χ3n) is 5.37. The van der Waals surface area contributed by atoms with Gasteiger partial charge in [-0.2, -0.15) is 13.2 Å². The van der Waals surface area contributed by atoms with E-state index in [0.29, 0.717) is 23.6 Å². The van der Waals surface area contributed by atoms with Gasteiger partial charge in [-0.15, -0.1) is 0 Å². The molecule has 9 heteroatoms. The number of anilines is 2. The molecule has 6 nitrogen and oxygen atoms in total. The monoisotopic (exact) mass is 399 g/mol. The molecule has 1 fully saturated rings. The molecule has 148 valence electrons. The molecular weight excluding hydrogens is 383 g/mol. The standard InChI is InChI=1S/C20H16F3N5O/c21-20(22,23)14-3-1-2-13(10-14)16-4-5-17-18(25-16)28(15-6-8-26(17)11-15)19(29)27-9-7-24-12-27/h1-5,7,9-10,12,15H,6,8,11H2/t15-/m0/s1. The van der Waals surface area contributed by atoms with E-state index in [4.69, 9.17) is 0 Å². The molecule has 0 N–H and O–H groups in total. The van der Waals surface area contributed by atoms with Gasteiger partial charge >= 0.3 is 12.2 Å². The van der Waals surface area contributed by atoms with E-state index < -0.39 is 11.7 Å². The van der Waals surface area contributed by atoms with E-state index in [1.807, 2.05) is 6.07 Å². The van der Waals surface area contributed by atoms with E-state index in [1.165, 1.54) is 23.2 Å². The number of aromatic nitrogens is 3. The number of carbonyl (C=O) groups is 1. The summed E-state index contributed by atoms with van der Waals surface area (Å²) in [5.74, 6) is 0.465. The quantitative estimate of drug-likeness (QED) is 0.620. The van der Waals surface area contributed by atoms with E-state index in [-0.39, 0.29) is 12.1 Å². The number of alkyl halides is 3. The maximum Gasteiger partial charge on any atom is 0.416 e. The molecule has 2 aromatic heterocycles. The van der Waals surface area contributed by atoms with Gasteiger partial charge in [-0.1, -0.05) is 12.1 Å². The Morgan fingerprint density at radius 2 is 2.03 bits per heavy atom. The highest BCUT2D eigenvalue weighted by Gasteiger charge is 2.40. The Bertz CT molecular complexity index is 1080. The molecule has 1 atom stereocenters. The molecule has 0 aliphatic carbocycles. The molecular formula is C20H16F3N5O. The molecule has 4 heterocycles. The molecule has 5 rings (SSSR count). The van der Waals surface area contributed by atoms with Crippen molar-refractivity contribution in [1.82, 2.24) is 14.5 Å². The zero-order chi connectivity index (χ0) is 20.2. The third-order valence-corrected chi connectivity index (χ3v) is 5.37. The fourth-order valence-electron chi connectivity index (χ4n) is 3.97. The average molecular weight is 399 g/mol. The smallest absolute Gasteiger partial charge is 0.366 e. The first-order valence-corrected chi connectivity index (χ1v) is 9.17. The highest BCUT2D eigenvalue weighted by atomic mass is 19.4. The predicted molar refractivity (Wildman–Crippen MR) is 101 cm³/mol. The average Bonchev–Trinajstić information content (AvgIpc) is 3.38. The molecule has 0 radical (unpaired) electrons. The van der Waals surface area contributed by atoms with Gasteiger partial charge in [0.15, 0.2) is 5.82 Å². The number of halogens is 3. The van der Waals surface area contributed by atoms with E-state index in [1.54, 1.807) is 23.2 Å². The van der Waals surface area contributed by atoms with Crippen molar-refractivity contribution in [2.75, 3.05) is 22.9 Å². The Morgan fingerprint density at radius 3 is 2.79 bits per heavy atom. The van der Waals surface area contributed by atoms with Crippen molar-refractivity contribution < 1.29 is 18.0 Å². The lowest BCUT2D eigenvalue weighted by Crippen LogP contribution is -2.48. The summed E-state index contributed by atoms with van der Waals surface area (Å²) in [6.45, 7) is 1.51. The van der Waals surface area contributed by atoms with Crippen molar-refractivity contribution >= 4 is 17.5 Å². The lowest BCUT2D eigenvalue weighted by molar-refractivity contribution is -0.137. The van der Waals surface area contributed by atoms with Gasteiger partial charge in [0.2, 0.25) is 0 Å². The maximum absolute atomic E-state index is 13.1. The van der Waals surface area contributed by atoms with E-state index >= 15 is 0 Å². The number of hydrogen-bond donors (Lipinski definition) is 0. The van der Waals surface area contributed by atoms with Crippen molar-refractivity contribution in [3.63, 3.8) is 0 Å². The second-order valence-corrected chi connectivity index (χ2v) is 7.13. The lowest BCUT2D eigenvalue weighted by Gasteiger charge is -2.35. The Balaban J connectivity index is 1.60. The van der Waals surface area contributed by atoms with Crippen molar-refractivity contribution in [3.05, 3.63) is 60.7 Å². The SMILES string of the molecule is O=C(N1c2nc(-c3cccc(C(F)(F)F)c3)ccc2N2CC[C@H]1C2)n1ccnc1. The minimum Gasteiger partial charge on any atom is -0.366 e. The van der Waals surface area contributed by atoms with Crippen LogP contribution >= 0.6 is 0 Å². The van der Waals surface area contributed by atoms with Crippen LogP contribution in [-0.4, -0.2) is 39.7 Å². The molecule has 1 amide bonds. The zero-order valence-corrected chi connectivity index (χ0v) is 15.2. The Labute approximate surface area is 164 Å². The summed E-state index contributed by atoms with van der Waals surface area (Å²) in [4.78, 5) is 25.4. The van der Waals surface area contributed by atoms with Gasteiger partial charge in [-0.25, -0.2) is 14.8 Å². The summed E-state index contributed by atoms with van der Waals surface area (Å²) in [6.07, 6.45) is 0.893. The predicted octanol–water partition coefficient (Wildman–Crippen LogP) is 4.03. The second-order valence-electron chi connectivity index (χ2n) is 7.13. The summed E-state index contributed by atoms with van der Waals surface area (Å²) >= 11 is 0. The Kier molecular flexibility index (Phi) is 3.87. The highest BCUT2D eigenvalue weighted by molar-refractivity contribution is 5.98. The normalized spacial score (nSPS) is 18.1. The van der Waals surface area contributed by atoms with Gasteiger partial charge in [0, 0.05) is 31.0 Å². The van der Waals surface area contributed by atoms with Crippen molar-refractivity contribution in [1.29, 1.82) is 0 Å². The molecule has 29 heavy (non-hydrogen) atoms. The zero-order valence-electron chi connectivity index (χ0n) is 15.2. The van der Waals surface area contributed by atoms with Crippen LogP contribution in [0.15, 0.2) is 55.1 Å². The highest BCUT2D eigenvalue weighted by Crippen LogP contribution is 2.41. The molecule has 1 saturated heterocycles. The minimum atomic E-state index is -4.43. The van der Waals surface area contributed by atoms with Gasteiger partial charge in [-0.05, 0) is 30.7 Å².